The van der Waals surface area contributed by atoms with Crippen molar-refractivity contribution in [3.8, 4) is 0 Å². The fourth-order valence-electron chi connectivity index (χ4n) is 3.87. The molecule has 2 nitrogen and oxygen atoms in total. The van der Waals surface area contributed by atoms with Crippen molar-refractivity contribution in [2.75, 3.05) is 13.1 Å². The van der Waals surface area contributed by atoms with E-state index in [1.54, 1.807) is 0 Å². The van der Waals surface area contributed by atoms with Gasteiger partial charge < -0.3 is 4.90 Å². The number of carbonyl (C=O) groups excluding carboxylic acids is 1. The molecule has 2 atom stereocenters. The largest absolute Gasteiger partial charge is 0.338 e. The topological polar surface area (TPSA) is 20.3 Å². The Bertz CT molecular complexity index is 547. The second-order valence-corrected chi connectivity index (χ2v) is 7.04. The van der Waals surface area contributed by atoms with Crippen molar-refractivity contribution < 1.29 is 9.18 Å². The molecule has 0 aliphatic heterocycles. The molecule has 3 heteroatoms. The van der Waals surface area contributed by atoms with Gasteiger partial charge in [0.2, 0.25) is 5.91 Å². The molecule has 0 bridgehead atoms. The summed E-state index contributed by atoms with van der Waals surface area (Å²) in [6, 6.07) is 6.59. The standard InChI is InChI=1S/C20H26FNO/c1-2-12-22(14-15-6-4-3-5-7-15)20(23)19-13-18(19)16-8-10-17(21)11-9-16/h2,8-11,15,18-19H,1,3-7,12-14H2. The molecule has 0 N–H and O–H groups in total. The van der Waals surface area contributed by atoms with Crippen LogP contribution in [0.2, 0.25) is 0 Å². The minimum absolute atomic E-state index is 0.0731. The molecule has 1 amide bonds. The van der Waals surface area contributed by atoms with Crippen LogP contribution in [0.25, 0.3) is 0 Å². The molecule has 0 spiro atoms. The Balaban J connectivity index is 1.60. The number of rotatable bonds is 6. The summed E-state index contributed by atoms with van der Waals surface area (Å²) in [4.78, 5) is 14.8. The monoisotopic (exact) mass is 315 g/mol. The lowest BCUT2D eigenvalue weighted by Gasteiger charge is -2.29. The molecule has 1 aromatic carbocycles. The van der Waals surface area contributed by atoms with Gasteiger partial charge in [0.05, 0.1) is 0 Å². The Morgan fingerprint density at radius 1 is 1.22 bits per heavy atom. The summed E-state index contributed by atoms with van der Waals surface area (Å²) in [7, 11) is 0. The zero-order valence-corrected chi connectivity index (χ0v) is 13.7. The fraction of sp³-hybridized carbons (Fsp3) is 0.550. The van der Waals surface area contributed by atoms with Crippen LogP contribution < -0.4 is 0 Å². The summed E-state index contributed by atoms with van der Waals surface area (Å²) in [5.74, 6) is 1.02. The highest BCUT2D eigenvalue weighted by molar-refractivity contribution is 5.83. The Morgan fingerprint density at radius 2 is 1.91 bits per heavy atom. The lowest BCUT2D eigenvalue weighted by atomic mass is 9.89. The van der Waals surface area contributed by atoms with Gasteiger partial charge in [0.1, 0.15) is 5.82 Å². The maximum Gasteiger partial charge on any atom is 0.226 e. The van der Waals surface area contributed by atoms with Crippen LogP contribution in [0.3, 0.4) is 0 Å². The molecule has 2 unspecified atom stereocenters. The van der Waals surface area contributed by atoms with Crippen molar-refractivity contribution in [2.24, 2.45) is 11.8 Å². The van der Waals surface area contributed by atoms with E-state index in [4.69, 9.17) is 0 Å². The third kappa shape index (κ3) is 4.01. The van der Waals surface area contributed by atoms with E-state index in [0.29, 0.717) is 12.5 Å². The SMILES string of the molecule is C=CCN(CC1CCCCC1)C(=O)C1CC1c1ccc(F)cc1. The van der Waals surface area contributed by atoms with Crippen LogP contribution in [0.5, 0.6) is 0 Å². The Kier molecular flexibility index (Phi) is 5.14. The van der Waals surface area contributed by atoms with Crippen LogP contribution in [-0.4, -0.2) is 23.9 Å². The Labute approximate surface area is 138 Å². The van der Waals surface area contributed by atoms with Gasteiger partial charge in [-0.25, -0.2) is 4.39 Å². The van der Waals surface area contributed by atoms with Crippen molar-refractivity contribution >= 4 is 5.91 Å². The Morgan fingerprint density at radius 3 is 2.57 bits per heavy atom. The van der Waals surface area contributed by atoms with Crippen LogP contribution in [0.4, 0.5) is 4.39 Å². The van der Waals surface area contributed by atoms with Crippen LogP contribution in [0, 0.1) is 17.7 Å². The molecule has 0 saturated heterocycles. The summed E-state index contributed by atoms with van der Waals surface area (Å²) in [5.41, 5.74) is 1.08. The maximum atomic E-state index is 13.0. The van der Waals surface area contributed by atoms with Crippen LogP contribution in [0.1, 0.15) is 50.0 Å². The molecule has 0 aromatic heterocycles. The molecular formula is C20H26FNO. The summed E-state index contributed by atoms with van der Waals surface area (Å²) >= 11 is 0. The average molecular weight is 315 g/mol. The number of carbonyl (C=O) groups is 1. The van der Waals surface area contributed by atoms with Crippen LogP contribution in [0.15, 0.2) is 36.9 Å². The van der Waals surface area contributed by atoms with E-state index in [0.717, 1.165) is 18.5 Å². The zero-order valence-electron chi connectivity index (χ0n) is 13.7. The van der Waals surface area contributed by atoms with E-state index in [1.807, 2.05) is 23.1 Å². The number of hydrogen-bond donors (Lipinski definition) is 0. The molecule has 2 aliphatic rings. The van der Waals surface area contributed by atoms with Gasteiger partial charge in [-0.2, -0.15) is 0 Å². The molecule has 23 heavy (non-hydrogen) atoms. The summed E-state index contributed by atoms with van der Waals surface area (Å²) in [6.07, 6.45) is 9.13. The van der Waals surface area contributed by atoms with Gasteiger partial charge in [-0.1, -0.05) is 37.5 Å². The number of benzene rings is 1. The predicted molar refractivity (Wildman–Crippen MR) is 90.6 cm³/mol. The predicted octanol–water partition coefficient (Wildman–Crippen LogP) is 4.52. The van der Waals surface area contributed by atoms with Gasteiger partial charge >= 0.3 is 0 Å². The molecule has 124 valence electrons. The van der Waals surface area contributed by atoms with Gasteiger partial charge in [-0.15, -0.1) is 6.58 Å². The highest BCUT2D eigenvalue weighted by atomic mass is 19.1. The number of hydrogen-bond acceptors (Lipinski definition) is 1. The van der Waals surface area contributed by atoms with Crippen LogP contribution >= 0.6 is 0 Å². The third-order valence-corrected chi connectivity index (χ3v) is 5.27. The summed E-state index contributed by atoms with van der Waals surface area (Å²) in [6.45, 7) is 5.32. The molecule has 2 aliphatic carbocycles. The first-order valence-electron chi connectivity index (χ1n) is 8.84. The van der Waals surface area contributed by atoms with E-state index in [2.05, 4.69) is 6.58 Å². The van der Waals surface area contributed by atoms with Gasteiger partial charge in [-0.3, -0.25) is 4.79 Å². The van der Waals surface area contributed by atoms with Gasteiger partial charge in [0, 0.05) is 19.0 Å². The lowest BCUT2D eigenvalue weighted by Crippen LogP contribution is -2.37. The van der Waals surface area contributed by atoms with Crippen molar-refractivity contribution in [3.05, 3.63) is 48.3 Å². The van der Waals surface area contributed by atoms with Crippen molar-refractivity contribution in [1.82, 2.24) is 4.90 Å². The van der Waals surface area contributed by atoms with Crippen molar-refractivity contribution in [2.45, 2.75) is 44.4 Å². The molecule has 3 rings (SSSR count). The van der Waals surface area contributed by atoms with Crippen molar-refractivity contribution in [3.63, 3.8) is 0 Å². The molecule has 0 radical (unpaired) electrons. The highest BCUT2D eigenvalue weighted by Crippen LogP contribution is 2.48. The lowest BCUT2D eigenvalue weighted by molar-refractivity contribution is -0.132. The average Bonchev–Trinajstić information content (AvgIpc) is 3.36. The number of halogens is 1. The van der Waals surface area contributed by atoms with E-state index in [9.17, 15) is 9.18 Å². The van der Waals surface area contributed by atoms with E-state index in [1.165, 1.54) is 44.2 Å². The smallest absolute Gasteiger partial charge is 0.226 e. The number of amides is 1. The molecule has 0 heterocycles. The highest BCUT2D eigenvalue weighted by Gasteiger charge is 2.45. The second-order valence-electron chi connectivity index (χ2n) is 7.04. The molecule has 2 fully saturated rings. The Hall–Kier alpha value is -1.64. The summed E-state index contributed by atoms with van der Waals surface area (Å²) in [5, 5.41) is 0. The van der Waals surface area contributed by atoms with E-state index < -0.39 is 0 Å². The van der Waals surface area contributed by atoms with Gasteiger partial charge in [-0.05, 0) is 48.8 Å². The fourth-order valence-corrected chi connectivity index (χ4v) is 3.87. The number of nitrogens with zero attached hydrogens (tertiary/aromatic N) is 1. The van der Waals surface area contributed by atoms with Gasteiger partial charge in [0.15, 0.2) is 0 Å². The van der Waals surface area contributed by atoms with Crippen molar-refractivity contribution in [1.29, 1.82) is 0 Å². The van der Waals surface area contributed by atoms with E-state index >= 15 is 0 Å². The maximum absolute atomic E-state index is 13.0. The van der Waals surface area contributed by atoms with Crippen LogP contribution in [-0.2, 0) is 4.79 Å². The first-order valence-corrected chi connectivity index (χ1v) is 8.84. The minimum Gasteiger partial charge on any atom is -0.338 e. The van der Waals surface area contributed by atoms with Gasteiger partial charge in [0.25, 0.3) is 0 Å². The van der Waals surface area contributed by atoms with E-state index in [-0.39, 0.29) is 23.6 Å². The molecular weight excluding hydrogens is 289 g/mol. The summed E-state index contributed by atoms with van der Waals surface area (Å²) < 4.78 is 13.0. The second kappa shape index (κ2) is 7.29. The zero-order chi connectivity index (χ0) is 16.2. The normalized spacial score (nSPS) is 24.2. The first kappa shape index (κ1) is 16.2. The third-order valence-electron chi connectivity index (χ3n) is 5.27. The molecule has 1 aromatic rings. The minimum atomic E-state index is -0.220. The quantitative estimate of drug-likeness (QED) is 0.707. The molecule has 2 saturated carbocycles. The first-order chi connectivity index (χ1) is 11.2.